The first kappa shape index (κ1) is 9.90. The first-order valence-electron chi connectivity index (χ1n) is 5.36. The highest BCUT2D eigenvalue weighted by atomic mass is 15.1. The first-order chi connectivity index (χ1) is 7.40. The maximum Gasteiger partial charge on any atom is 0.223 e. The van der Waals surface area contributed by atoms with E-state index in [0.29, 0.717) is 0 Å². The Bertz CT molecular complexity index is 440. The number of aromatic nitrogens is 2. The van der Waals surface area contributed by atoms with E-state index in [1.165, 1.54) is 6.42 Å². The molecule has 0 bridgehead atoms. The number of hydrogen-bond donors (Lipinski definition) is 1. The Morgan fingerprint density at radius 3 is 3.00 bits per heavy atom. The minimum Gasteiger partial charge on any atom is -0.354 e. The average Bonchev–Trinajstić information content (AvgIpc) is 2.29. The molecule has 1 aromatic heterocycles. The summed E-state index contributed by atoms with van der Waals surface area (Å²) in [6, 6.07) is 8.01. The Labute approximate surface area is 89.6 Å². The highest BCUT2D eigenvalue weighted by molar-refractivity contribution is 5.78. The van der Waals surface area contributed by atoms with E-state index >= 15 is 0 Å². The predicted molar refractivity (Wildman–Crippen MR) is 62.9 cm³/mol. The van der Waals surface area contributed by atoms with Crippen LogP contribution in [0.4, 0.5) is 5.95 Å². The molecule has 3 heteroatoms. The topological polar surface area (TPSA) is 37.8 Å². The van der Waals surface area contributed by atoms with E-state index in [9.17, 15) is 0 Å². The summed E-state index contributed by atoms with van der Waals surface area (Å²) in [7, 11) is 0. The summed E-state index contributed by atoms with van der Waals surface area (Å²) in [6.45, 7) is 3.11. The SMILES string of the molecule is CCCCNc1ncc2ccccc2n1. The summed E-state index contributed by atoms with van der Waals surface area (Å²) in [5.41, 5.74) is 0.992. The van der Waals surface area contributed by atoms with Gasteiger partial charge >= 0.3 is 0 Å². The molecule has 78 valence electrons. The summed E-state index contributed by atoms with van der Waals surface area (Å²) < 4.78 is 0. The van der Waals surface area contributed by atoms with E-state index in [4.69, 9.17) is 0 Å². The zero-order valence-electron chi connectivity index (χ0n) is 8.90. The van der Waals surface area contributed by atoms with E-state index in [1.807, 2.05) is 30.5 Å². The number of unbranched alkanes of at least 4 members (excludes halogenated alkanes) is 1. The third-order valence-corrected chi connectivity index (χ3v) is 2.30. The lowest BCUT2D eigenvalue weighted by Crippen LogP contribution is -2.04. The van der Waals surface area contributed by atoms with Crippen LogP contribution < -0.4 is 5.32 Å². The van der Waals surface area contributed by atoms with Crippen molar-refractivity contribution < 1.29 is 0 Å². The van der Waals surface area contributed by atoms with Crippen molar-refractivity contribution >= 4 is 16.9 Å². The van der Waals surface area contributed by atoms with Gasteiger partial charge in [0, 0.05) is 18.1 Å². The normalized spacial score (nSPS) is 10.5. The van der Waals surface area contributed by atoms with Crippen LogP contribution in [0.15, 0.2) is 30.5 Å². The van der Waals surface area contributed by atoms with Gasteiger partial charge in [-0.25, -0.2) is 9.97 Å². The van der Waals surface area contributed by atoms with Gasteiger partial charge in [-0.1, -0.05) is 31.5 Å². The summed E-state index contributed by atoms with van der Waals surface area (Å²) in [6.07, 6.45) is 4.19. The van der Waals surface area contributed by atoms with Gasteiger partial charge in [-0.2, -0.15) is 0 Å². The number of nitrogens with one attached hydrogen (secondary N) is 1. The van der Waals surface area contributed by atoms with E-state index in [0.717, 1.165) is 29.8 Å². The Morgan fingerprint density at radius 2 is 2.13 bits per heavy atom. The van der Waals surface area contributed by atoms with Crippen molar-refractivity contribution in [3.05, 3.63) is 30.5 Å². The van der Waals surface area contributed by atoms with Gasteiger partial charge in [0.15, 0.2) is 0 Å². The number of para-hydroxylation sites is 1. The fraction of sp³-hybridized carbons (Fsp3) is 0.333. The van der Waals surface area contributed by atoms with E-state index in [1.54, 1.807) is 0 Å². The smallest absolute Gasteiger partial charge is 0.223 e. The van der Waals surface area contributed by atoms with Gasteiger partial charge in [-0.3, -0.25) is 0 Å². The molecule has 0 saturated carbocycles. The molecule has 3 nitrogen and oxygen atoms in total. The minimum absolute atomic E-state index is 0.724. The molecule has 15 heavy (non-hydrogen) atoms. The molecule has 0 fully saturated rings. The number of nitrogens with zero attached hydrogens (tertiary/aromatic N) is 2. The molecule has 1 aromatic carbocycles. The molecule has 1 N–H and O–H groups in total. The summed E-state index contributed by atoms with van der Waals surface area (Å²) >= 11 is 0. The average molecular weight is 201 g/mol. The molecule has 0 atom stereocenters. The van der Waals surface area contributed by atoms with Crippen LogP contribution in [0.2, 0.25) is 0 Å². The molecule has 0 radical (unpaired) electrons. The second-order valence-corrected chi connectivity index (χ2v) is 3.53. The van der Waals surface area contributed by atoms with Crippen molar-refractivity contribution in [2.75, 3.05) is 11.9 Å². The van der Waals surface area contributed by atoms with Gasteiger partial charge in [0.2, 0.25) is 5.95 Å². The lowest BCUT2D eigenvalue weighted by atomic mass is 10.2. The number of rotatable bonds is 4. The third kappa shape index (κ3) is 2.43. The Morgan fingerprint density at radius 1 is 1.27 bits per heavy atom. The molecule has 0 unspecified atom stereocenters. The number of anilines is 1. The van der Waals surface area contributed by atoms with Crippen LogP contribution in [0, 0.1) is 0 Å². The zero-order valence-corrected chi connectivity index (χ0v) is 8.90. The molecule has 0 aliphatic rings. The first-order valence-corrected chi connectivity index (χ1v) is 5.36. The van der Waals surface area contributed by atoms with Gasteiger partial charge in [0.25, 0.3) is 0 Å². The Hall–Kier alpha value is -1.64. The molecule has 2 aromatic rings. The van der Waals surface area contributed by atoms with Crippen LogP contribution in [-0.4, -0.2) is 16.5 Å². The van der Waals surface area contributed by atoms with E-state index in [-0.39, 0.29) is 0 Å². The second-order valence-electron chi connectivity index (χ2n) is 3.53. The largest absolute Gasteiger partial charge is 0.354 e. The number of hydrogen-bond acceptors (Lipinski definition) is 3. The van der Waals surface area contributed by atoms with Crippen LogP contribution in [-0.2, 0) is 0 Å². The highest BCUT2D eigenvalue weighted by Gasteiger charge is 1.97. The summed E-state index contributed by atoms with van der Waals surface area (Å²) in [4.78, 5) is 8.68. The molecule has 0 amide bonds. The molecule has 2 rings (SSSR count). The summed E-state index contributed by atoms with van der Waals surface area (Å²) in [5.74, 6) is 0.724. The molecular formula is C12H15N3. The lowest BCUT2D eigenvalue weighted by Gasteiger charge is -2.04. The predicted octanol–water partition coefficient (Wildman–Crippen LogP) is 2.84. The van der Waals surface area contributed by atoms with Gasteiger partial charge in [0.05, 0.1) is 5.52 Å². The van der Waals surface area contributed by atoms with Crippen molar-refractivity contribution in [2.24, 2.45) is 0 Å². The quantitative estimate of drug-likeness (QED) is 0.773. The van der Waals surface area contributed by atoms with Crippen LogP contribution in [0.3, 0.4) is 0 Å². The fourth-order valence-corrected chi connectivity index (χ4v) is 1.43. The molecule has 0 aliphatic carbocycles. The van der Waals surface area contributed by atoms with Crippen LogP contribution in [0.25, 0.3) is 10.9 Å². The monoisotopic (exact) mass is 201 g/mol. The minimum atomic E-state index is 0.724. The van der Waals surface area contributed by atoms with Crippen LogP contribution in [0.5, 0.6) is 0 Å². The molecule has 0 saturated heterocycles. The van der Waals surface area contributed by atoms with Gasteiger partial charge in [-0.15, -0.1) is 0 Å². The number of benzene rings is 1. The van der Waals surface area contributed by atoms with Crippen molar-refractivity contribution in [3.8, 4) is 0 Å². The fourth-order valence-electron chi connectivity index (χ4n) is 1.43. The maximum absolute atomic E-state index is 4.42. The number of fused-ring (bicyclic) bond motifs is 1. The molecular weight excluding hydrogens is 186 g/mol. The molecule has 0 aliphatic heterocycles. The highest BCUT2D eigenvalue weighted by Crippen LogP contribution is 2.11. The second kappa shape index (κ2) is 4.73. The van der Waals surface area contributed by atoms with E-state index in [2.05, 4.69) is 22.2 Å². The molecule has 1 heterocycles. The maximum atomic E-state index is 4.42. The standard InChI is InChI=1S/C12H15N3/c1-2-3-8-13-12-14-9-10-6-4-5-7-11(10)15-12/h4-7,9H,2-3,8H2,1H3,(H,13,14,15). The molecule has 0 spiro atoms. The lowest BCUT2D eigenvalue weighted by molar-refractivity contribution is 0.827. The zero-order chi connectivity index (χ0) is 10.5. The Balaban J connectivity index is 2.16. The van der Waals surface area contributed by atoms with Gasteiger partial charge in [-0.05, 0) is 12.5 Å². The van der Waals surface area contributed by atoms with Gasteiger partial charge in [0.1, 0.15) is 0 Å². The van der Waals surface area contributed by atoms with Crippen molar-refractivity contribution in [1.82, 2.24) is 9.97 Å². The van der Waals surface area contributed by atoms with Crippen molar-refractivity contribution in [3.63, 3.8) is 0 Å². The Kier molecular flexibility index (Phi) is 3.12. The van der Waals surface area contributed by atoms with Crippen molar-refractivity contribution in [1.29, 1.82) is 0 Å². The van der Waals surface area contributed by atoms with Crippen LogP contribution in [0.1, 0.15) is 19.8 Å². The van der Waals surface area contributed by atoms with Gasteiger partial charge < -0.3 is 5.32 Å². The summed E-state index contributed by atoms with van der Waals surface area (Å²) in [5, 5.41) is 4.30. The van der Waals surface area contributed by atoms with Crippen LogP contribution >= 0.6 is 0 Å². The van der Waals surface area contributed by atoms with Crippen molar-refractivity contribution in [2.45, 2.75) is 19.8 Å². The third-order valence-electron chi connectivity index (χ3n) is 2.30. The van der Waals surface area contributed by atoms with E-state index < -0.39 is 0 Å².